The number of ether oxygens (including phenoxy) is 1. The van der Waals surface area contributed by atoms with E-state index in [-0.39, 0.29) is 18.0 Å². The first kappa shape index (κ1) is 14.7. The summed E-state index contributed by atoms with van der Waals surface area (Å²) in [6, 6.07) is 12.1. The number of Topliss-reactive ketones (excluding diaryl/α,β-unsaturated/α-hetero) is 1. The lowest BCUT2D eigenvalue weighted by Gasteiger charge is -2.06. The number of carbonyl (C=O) groups excluding carboxylic acids is 2. The van der Waals surface area contributed by atoms with Gasteiger partial charge in [-0.05, 0) is 24.6 Å². The van der Waals surface area contributed by atoms with Gasteiger partial charge in [0, 0.05) is 18.0 Å². The van der Waals surface area contributed by atoms with E-state index in [2.05, 4.69) is 4.98 Å². The van der Waals surface area contributed by atoms with Crippen molar-refractivity contribution in [3.05, 3.63) is 71.6 Å². The van der Waals surface area contributed by atoms with Crippen LogP contribution in [0.25, 0.3) is 6.08 Å². The van der Waals surface area contributed by atoms with Crippen molar-refractivity contribution in [2.45, 2.75) is 6.92 Å². The number of pyridine rings is 1. The summed E-state index contributed by atoms with van der Waals surface area (Å²) in [5.74, 6) is -0.992. The number of rotatable bonds is 5. The third-order valence-electron chi connectivity index (χ3n) is 2.77. The van der Waals surface area contributed by atoms with E-state index in [1.54, 1.807) is 55.7 Å². The van der Waals surface area contributed by atoms with Crippen molar-refractivity contribution in [3.8, 4) is 0 Å². The molecule has 0 bridgehead atoms. The van der Waals surface area contributed by atoms with Crippen molar-refractivity contribution >= 4 is 17.8 Å². The molecule has 1 heterocycles. The summed E-state index contributed by atoms with van der Waals surface area (Å²) in [6.07, 6.45) is 4.71. The van der Waals surface area contributed by atoms with Crippen LogP contribution in [-0.4, -0.2) is 23.3 Å². The Morgan fingerprint density at radius 3 is 2.52 bits per heavy atom. The second-order valence-electron chi connectivity index (χ2n) is 4.26. The third kappa shape index (κ3) is 3.86. The van der Waals surface area contributed by atoms with Gasteiger partial charge in [-0.1, -0.05) is 36.4 Å². The normalized spacial score (nSPS) is 11.0. The lowest BCUT2D eigenvalue weighted by atomic mass is 10.0. The molecule has 2 rings (SSSR count). The summed E-state index contributed by atoms with van der Waals surface area (Å²) in [5.41, 5.74) is 1.11. The maximum atomic E-state index is 12.5. The zero-order chi connectivity index (χ0) is 15.1. The topological polar surface area (TPSA) is 56.3 Å². The molecule has 106 valence electrons. The minimum atomic E-state index is -0.629. The van der Waals surface area contributed by atoms with Crippen LogP contribution in [0, 0.1) is 0 Å². The van der Waals surface area contributed by atoms with Gasteiger partial charge in [0.05, 0.1) is 6.61 Å². The van der Waals surface area contributed by atoms with E-state index in [0.29, 0.717) is 11.1 Å². The van der Waals surface area contributed by atoms with E-state index in [9.17, 15) is 9.59 Å². The molecule has 0 radical (unpaired) electrons. The Balaban J connectivity index is 2.40. The van der Waals surface area contributed by atoms with Gasteiger partial charge >= 0.3 is 5.97 Å². The highest BCUT2D eigenvalue weighted by Crippen LogP contribution is 2.14. The fourth-order valence-electron chi connectivity index (χ4n) is 1.80. The van der Waals surface area contributed by atoms with Crippen LogP contribution < -0.4 is 0 Å². The minimum absolute atomic E-state index is 0.00366. The predicted octanol–water partition coefficient (Wildman–Crippen LogP) is 2.91. The summed E-state index contributed by atoms with van der Waals surface area (Å²) < 4.78 is 4.97. The molecule has 0 saturated carbocycles. The van der Waals surface area contributed by atoms with Gasteiger partial charge in [-0.2, -0.15) is 0 Å². The number of carbonyl (C=O) groups is 2. The molecule has 2 aromatic rings. The summed E-state index contributed by atoms with van der Waals surface area (Å²) >= 11 is 0. The number of benzene rings is 1. The molecule has 0 amide bonds. The maximum absolute atomic E-state index is 12.5. The average molecular weight is 281 g/mol. The van der Waals surface area contributed by atoms with E-state index in [0.717, 1.165) is 0 Å². The van der Waals surface area contributed by atoms with Crippen molar-refractivity contribution in [3.63, 3.8) is 0 Å². The second kappa shape index (κ2) is 7.14. The molecule has 1 aromatic heterocycles. The molecule has 0 unspecified atom stereocenters. The summed E-state index contributed by atoms with van der Waals surface area (Å²) in [4.78, 5) is 28.5. The SMILES string of the molecule is CCOC(=O)C(=Cc1cccnc1)C(=O)c1ccccc1. The molecule has 0 aliphatic rings. The van der Waals surface area contributed by atoms with E-state index < -0.39 is 5.97 Å². The van der Waals surface area contributed by atoms with E-state index in [1.165, 1.54) is 6.08 Å². The Labute approximate surface area is 123 Å². The molecular weight excluding hydrogens is 266 g/mol. The Bertz CT molecular complexity index is 648. The van der Waals surface area contributed by atoms with Gasteiger partial charge in [-0.3, -0.25) is 9.78 Å². The van der Waals surface area contributed by atoms with Crippen LogP contribution in [-0.2, 0) is 9.53 Å². The molecule has 0 spiro atoms. The van der Waals surface area contributed by atoms with Crippen LogP contribution in [0.1, 0.15) is 22.8 Å². The van der Waals surface area contributed by atoms with Crippen LogP contribution in [0.15, 0.2) is 60.4 Å². The Hall–Kier alpha value is -2.75. The Kier molecular flexibility index (Phi) is 4.99. The van der Waals surface area contributed by atoms with Crippen molar-refractivity contribution in [2.24, 2.45) is 0 Å². The minimum Gasteiger partial charge on any atom is -0.462 e. The van der Waals surface area contributed by atoms with Crippen molar-refractivity contribution in [2.75, 3.05) is 6.61 Å². The summed E-state index contributed by atoms with van der Waals surface area (Å²) in [6.45, 7) is 1.91. The number of hydrogen-bond donors (Lipinski definition) is 0. The van der Waals surface area contributed by atoms with Crippen LogP contribution in [0.3, 0.4) is 0 Å². The van der Waals surface area contributed by atoms with E-state index in [4.69, 9.17) is 4.74 Å². The third-order valence-corrected chi connectivity index (χ3v) is 2.77. The second-order valence-corrected chi connectivity index (χ2v) is 4.26. The number of esters is 1. The lowest BCUT2D eigenvalue weighted by molar-refractivity contribution is -0.137. The fourth-order valence-corrected chi connectivity index (χ4v) is 1.80. The van der Waals surface area contributed by atoms with Gasteiger partial charge in [0.2, 0.25) is 0 Å². The van der Waals surface area contributed by atoms with Gasteiger partial charge in [0.25, 0.3) is 0 Å². The smallest absolute Gasteiger partial charge is 0.342 e. The highest BCUT2D eigenvalue weighted by Gasteiger charge is 2.20. The molecule has 1 aromatic carbocycles. The molecule has 4 nitrogen and oxygen atoms in total. The number of aromatic nitrogens is 1. The van der Waals surface area contributed by atoms with Crippen LogP contribution in [0.5, 0.6) is 0 Å². The molecule has 0 fully saturated rings. The van der Waals surface area contributed by atoms with E-state index >= 15 is 0 Å². The fraction of sp³-hybridized carbons (Fsp3) is 0.118. The monoisotopic (exact) mass is 281 g/mol. The highest BCUT2D eigenvalue weighted by molar-refractivity contribution is 6.26. The quantitative estimate of drug-likeness (QED) is 0.278. The highest BCUT2D eigenvalue weighted by atomic mass is 16.5. The van der Waals surface area contributed by atoms with Gasteiger partial charge in [0.1, 0.15) is 5.57 Å². The predicted molar refractivity (Wildman–Crippen MR) is 79.6 cm³/mol. The first-order chi connectivity index (χ1) is 10.2. The molecule has 0 saturated heterocycles. The van der Waals surface area contributed by atoms with Gasteiger partial charge in [-0.15, -0.1) is 0 Å². The van der Waals surface area contributed by atoms with Crippen LogP contribution in [0.4, 0.5) is 0 Å². The van der Waals surface area contributed by atoms with Crippen molar-refractivity contribution in [1.82, 2.24) is 4.98 Å². The largest absolute Gasteiger partial charge is 0.462 e. The van der Waals surface area contributed by atoms with Gasteiger partial charge in [0.15, 0.2) is 5.78 Å². The molecule has 0 aliphatic carbocycles. The molecule has 21 heavy (non-hydrogen) atoms. The average Bonchev–Trinajstić information content (AvgIpc) is 2.54. The maximum Gasteiger partial charge on any atom is 0.342 e. The molecule has 0 aliphatic heterocycles. The lowest BCUT2D eigenvalue weighted by Crippen LogP contribution is -2.16. The summed E-state index contributed by atoms with van der Waals surface area (Å²) in [5, 5.41) is 0. The first-order valence-electron chi connectivity index (χ1n) is 6.61. The Morgan fingerprint density at radius 2 is 1.90 bits per heavy atom. The molecule has 0 N–H and O–H groups in total. The summed E-state index contributed by atoms with van der Waals surface area (Å²) in [7, 11) is 0. The molecular formula is C17H15NO3. The van der Waals surface area contributed by atoms with Crippen molar-refractivity contribution < 1.29 is 14.3 Å². The van der Waals surface area contributed by atoms with Crippen LogP contribution >= 0.6 is 0 Å². The first-order valence-corrected chi connectivity index (χ1v) is 6.61. The number of ketones is 1. The van der Waals surface area contributed by atoms with Gasteiger partial charge < -0.3 is 4.74 Å². The number of hydrogen-bond acceptors (Lipinski definition) is 4. The van der Waals surface area contributed by atoms with Gasteiger partial charge in [-0.25, -0.2) is 4.79 Å². The zero-order valence-corrected chi connectivity index (χ0v) is 11.7. The molecule has 4 heteroatoms. The zero-order valence-electron chi connectivity index (χ0n) is 11.7. The van der Waals surface area contributed by atoms with Crippen LogP contribution in [0.2, 0.25) is 0 Å². The van der Waals surface area contributed by atoms with E-state index in [1.807, 2.05) is 6.07 Å². The molecule has 0 atom stereocenters. The van der Waals surface area contributed by atoms with Crippen molar-refractivity contribution in [1.29, 1.82) is 0 Å². The Morgan fingerprint density at radius 1 is 1.14 bits per heavy atom. The number of nitrogens with zero attached hydrogens (tertiary/aromatic N) is 1. The standard InChI is InChI=1S/C17H15NO3/c1-2-21-17(20)15(11-13-7-6-10-18-12-13)16(19)14-8-4-3-5-9-14/h3-12H,2H2,1H3.